The van der Waals surface area contributed by atoms with E-state index in [2.05, 4.69) is 15.3 Å². The highest BCUT2D eigenvalue weighted by molar-refractivity contribution is 5.31. The minimum absolute atomic E-state index is 0.201. The van der Waals surface area contributed by atoms with Crippen LogP contribution in [0, 0.1) is 11.3 Å². The first-order valence-corrected chi connectivity index (χ1v) is 5.80. The van der Waals surface area contributed by atoms with Crippen molar-refractivity contribution in [2.75, 3.05) is 5.32 Å². The number of nitrogens with one attached hydrogen (secondary N) is 1. The van der Waals surface area contributed by atoms with Gasteiger partial charge in [-0.1, -0.05) is 0 Å². The molecule has 0 aliphatic heterocycles. The van der Waals surface area contributed by atoms with Crippen LogP contribution in [0.2, 0.25) is 0 Å². The van der Waals surface area contributed by atoms with E-state index in [0.29, 0.717) is 17.9 Å². The molecule has 2 rings (SSSR count). The third-order valence-corrected chi connectivity index (χ3v) is 3.07. The van der Waals surface area contributed by atoms with Crippen LogP contribution in [0.1, 0.15) is 38.2 Å². The first-order valence-electron chi connectivity index (χ1n) is 5.80. The molecule has 1 fully saturated rings. The summed E-state index contributed by atoms with van der Waals surface area (Å²) in [7, 11) is 0. The van der Waals surface area contributed by atoms with Crippen molar-refractivity contribution >= 4 is 5.95 Å². The molecular formula is C12H16N4O. The largest absolute Gasteiger partial charge is 0.390 e. The van der Waals surface area contributed by atoms with Crippen molar-refractivity contribution in [1.29, 1.82) is 5.26 Å². The van der Waals surface area contributed by atoms with Crippen molar-refractivity contribution in [3.63, 3.8) is 0 Å². The first-order chi connectivity index (χ1) is 8.09. The Morgan fingerprint density at radius 1 is 1.53 bits per heavy atom. The minimum atomic E-state index is -0.595. The molecule has 0 unspecified atom stereocenters. The maximum absolute atomic E-state index is 9.98. The molecule has 2 N–H and O–H groups in total. The Morgan fingerprint density at radius 3 is 2.82 bits per heavy atom. The zero-order valence-electron chi connectivity index (χ0n) is 9.85. The van der Waals surface area contributed by atoms with Crippen LogP contribution in [0.3, 0.4) is 0 Å². The third kappa shape index (κ3) is 3.14. The Hall–Kier alpha value is -1.67. The highest BCUT2D eigenvalue weighted by atomic mass is 16.3. The lowest BCUT2D eigenvalue weighted by atomic mass is 9.83. The fraction of sp³-hybridized carbons (Fsp3) is 0.583. The number of hydrogen-bond donors (Lipinski definition) is 2. The Bertz CT molecular complexity index is 421. The van der Waals surface area contributed by atoms with Crippen LogP contribution in [-0.4, -0.2) is 26.7 Å². The fourth-order valence-corrected chi connectivity index (χ4v) is 2.23. The van der Waals surface area contributed by atoms with E-state index in [4.69, 9.17) is 5.26 Å². The van der Waals surface area contributed by atoms with Crippen LogP contribution >= 0.6 is 0 Å². The molecule has 90 valence electrons. The van der Waals surface area contributed by atoms with Gasteiger partial charge in [-0.05, 0) is 32.6 Å². The molecule has 0 aromatic carbocycles. The van der Waals surface area contributed by atoms with Gasteiger partial charge in [0.25, 0.3) is 0 Å². The van der Waals surface area contributed by atoms with E-state index in [9.17, 15) is 5.11 Å². The van der Waals surface area contributed by atoms with Gasteiger partial charge in [0.2, 0.25) is 5.95 Å². The summed E-state index contributed by atoms with van der Waals surface area (Å²) in [5.41, 5.74) is -0.145. The molecule has 0 amide bonds. The molecule has 0 radical (unpaired) electrons. The number of hydrogen-bond acceptors (Lipinski definition) is 5. The van der Waals surface area contributed by atoms with Crippen molar-refractivity contribution in [3.05, 3.63) is 18.0 Å². The van der Waals surface area contributed by atoms with Gasteiger partial charge in [-0.25, -0.2) is 9.97 Å². The molecule has 1 saturated carbocycles. The highest BCUT2D eigenvalue weighted by Crippen LogP contribution is 2.28. The second-order valence-electron chi connectivity index (χ2n) is 4.84. The topological polar surface area (TPSA) is 81.8 Å². The molecule has 1 aromatic heterocycles. The Morgan fingerprint density at radius 2 is 2.24 bits per heavy atom. The monoisotopic (exact) mass is 232 g/mol. The Kier molecular flexibility index (Phi) is 3.25. The zero-order chi connectivity index (χ0) is 12.3. The van der Waals surface area contributed by atoms with Gasteiger partial charge < -0.3 is 10.4 Å². The second kappa shape index (κ2) is 4.68. The van der Waals surface area contributed by atoms with Crippen molar-refractivity contribution in [2.24, 2.45) is 0 Å². The van der Waals surface area contributed by atoms with Gasteiger partial charge in [0.05, 0.1) is 23.6 Å². The molecule has 1 aliphatic rings. The van der Waals surface area contributed by atoms with Gasteiger partial charge in [-0.3, -0.25) is 0 Å². The third-order valence-electron chi connectivity index (χ3n) is 3.07. The van der Waals surface area contributed by atoms with Crippen LogP contribution < -0.4 is 5.32 Å². The van der Waals surface area contributed by atoms with Gasteiger partial charge in [0.1, 0.15) is 6.07 Å². The minimum Gasteiger partial charge on any atom is -0.390 e. The normalized spacial score (nSPS) is 28.4. The summed E-state index contributed by atoms with van der Waals surface area (Å²) in [6.45, 7) is 1.86. The van der Waals surface area contributed by atoms with E-state index < -0.39 is 5.60 Å². The summed E-state index contributed by atoms with van der Waals surface area (Å²) >= 11 is 0. The van der Waals surface area contributed by atoms with Crippen molar-refractivity contribution in [1.82, 2.24) is 9.97 Å². The summed E-state index contributed by atoms with van der Waals surface area (Å²) < 4.78 is 0. The predicted molar refractivity (Wildman–Crippen MR) is 63.2 cm³/mol. The van der Waals surface area contributed by atoms with E-state index in [1.807, 2.05) is 13.0 Å². The molecule has 2 atom stereocenters. The van der Waals surface area contributed by atoms with E-state index >= 15 is 0 Å². The van der Waals surface area contributed by atoms with Gasteiger partial charge in [0.15, 0.2) is 0 Å². The molecule has 1 heterocycles. The van der Waals surface area contributed by atoms with E-state index in [1.165, 1.54) is 12.4 Å². The number of nitrogens with zero attached hydrogens (tertiary/aromatic N) is 3. The van der Waals surface area contributed by atoms with Gasteiger partial charge >= 0.3 is 0 Å². The second-order valence-corrected chi connectivity index (χ2v) is 4.84. The van der Waals surface area contributed by atoms with E-state index in [-0.39, 0.29) is 6.04 Å². The maximum atomic E-state index is 9.98. The average Bonchev–Trinajstić information content (AvgIpc) is 2.29. The molecule has 5 heteroatoms. The average molecular weight is 232 g/mol. The van der Waals surface area contributed by atoms with Crippen LogP contribution in [0.5, 0.6) is 0 Å². The van der Waals surface area contributed by atoms with Crippen molar-refractivity contribution < 1.29 is 5.11 Å². The molecular weight excluding hydrogens is 216 g/mol. The number of aromatic nitrogens is 2. The zero-order valence-corrected chi connectivity index (χ0v) is 9.85. The molecule has 5 nitrogen and oxygen atoms in total. The maximum Gasteiger partial charge on any atom is 0.222 e. The summed E-state index contributed by atoms with van der Waals surface area (Å²) in [5.74, 6) is 0.520. The highest BCUT2D eigenvalue weighted by Gasteiger charge is 2.29. The molecule has 1 aliphatic carbocycles. The standard InChI is InChI=1S/C12H16N4O/c1-12(17)4-2-3-10(5-12)16-11-14-7-9(6-13)8-15-11/h7-8,10,17H,2-5H2,1H3,(H,14,15,16)/t10-,12+/m1/s1. The summed E-state index contributed by atoms with van der Waals surface area (Å²) in [6, 6.07) is 2.18. The van der Waals surface area contributed by atoms with Crippen LogP contribution in [0.25, 0.3) is 0 Å². The summed E-state index contributed by atoms with van der Waals surface area (Å²) in [5, 5.41) is 21.8. The number of anilines is 1. The van der Waals surface area contributed by atoms with E-state index in [0.717, 1.165) is 19.3 Å². The van der Waals surface area contributed by atoms with E-state index in [1.54, 1.807) is 0 Å². The number of aliphatic hydroxyl groups is 1. The van der Waals surface area contributed by atoms with Crippen LogP contribution in [-0.2, 0) is 0 Å². The SMILES string of the molecule is C[C@]1(O)CCC[C@@H](Nc2ncc(C#N)cn2)C1. The lowest BCUT2D eigenvalue weighted by molar-refractivity contribution is 0.0182. The molecule has 0 bridgehead atoms. The lowest BCUT2D eigenvalue weighted by Gasteiger charge is -2.34. The number of rotatable bonds is 2. The molecule has 17 heavy (non-hydrogen) atoms. The molecule has 0 spiro atoms. The Balaban J connectivity index is 1.98. The van der Waals surface area contributed by atoms with Gasteiger partial charge in [0, 0.05) is 6.04 Å². The molecule has 0 saturated heterocycles. The quantitative estimate of drug-likeness (QED) is 0.806. The molecule has 1 aromatic rings. The first kappa shape index (κ1) is 11.8. The predicted octanol–water partition coefficient (Wildman–Crippen LogP) is 1.45. The lowest BCUT2D eigenvalue weighted by Crippen LogP contribution is -2.38. The van der Waals surface area contributed by atoms with Crippen molar-refractivity contribution in [2.45, 2.75) is 44.2 Å². The summed E-state index contributed by atoms with van der Waals surface area (Å²) in [4.78, 5) is 8.13. The van der Waals surface area contributed by atoms with Gasteiger partial charge in [-0.15, -0.1) is 0 Å². The van der Waals surface area contributed by atoms with Crippen molar-refractivity contribution in [3.8, 4) is 6.07 Å². The fourth-order valence-electron chi connectivity index (χ4n) is 2.23. The van der Waals surface area contributed by atoms with Crippen LogP contribution in [0.15, 0.2) is 12.4 Å². The summed E-state index contributed by atoms with van der Waals surface area (Å²) in [6.07, 6.45) is 6.56. The smallest absolute Gasteiger partial charge is 0.222 e. The Labute approximate surface area is 101 Å². The van der Waals surface area contributed by atoms with Crippen LogP contribution in [0.4, 0.5) is 5.95 Å². The van der Waals surface area contributed by atoms with Gasteiger partial charge in [-0.2, -0.15) is 5.26 Å². The number of nitriles is 1.